The Hall–Kier alpha value is -2.28. The molecule has 3 heterocycles. The molecule has 0 aromatic carbocycles. The smallest absolute Gasteiger partial charge is 0.317 e. The maximum Gasteiger partial charge on any atom is 0.317 e. The number of hydrogen-bond acceptors (Lipinski definition) is 4. The molecule has 2 aromatic heterocycles. The summed E-state index contributed by atoms with van der Waals surface area (Å²) >= 11 is 0. The quantitative estimate of drug-likeness (QED) is 0.837. The molecule has 0 saturated heterocycles. The van der Waals surface area contributed by atoms with Crippen LogP contribution in [-0.4, -0.2) is 45.7 Å². The van der Waals surface area contributed by atoms with Gasteiger partial charge in [0, 0.05) is 20.1 Å². The average Bonchev–Trinajstić information content (AvgIpc) is 3.26. The number of urea groups is 1. The number of carbonyl (C=O) groups is 1. The number of furan rings is 1. The van der Waals surface area contributed by atoms with Gasteiger partial charge in [-0.05, 0) is 31.2 Å². The van der Waals surface area contributed by atoms with Gasteiger partial charge in [-0.15, -0.1) is 0 Å². The maximum absolute atomic E-state index is 12.2. The maximum atomic E-state index is 12.2. The van der Waals surface area contributed by atoms with Gasteiger partial charge in [0.15, 0.2) is 0 Å². The van der Waals surface area contributed by atoms with E-state index in [0.717, 1.165) is 37.6 Å². The summed E-state index contributed by atoms with van der Waals surface area (Å²) in [6.45, 7) is 7.17. The summed E-state index contributed by atoms with van der Waals surface area (Å²) in [6, 6.07) is 5.65. The van der Waals surface area contributed by atoms with Crippen LogP contribution in [0.3, 0.4) is 0 Å². The van der Waals surface area contributed by atoms with Crippen LogP contribution in [0.25, 0.3) is 0 Å². The molecule has 3 rings (SSSR count). The molecule has 2 amide bonds. The molecule has 1 N–H and O–H groups in total. The molecular weight excluding hydrogens is 318 g/mol. The Kier molecular flexibility index (Phi) is 5.75. The van der Waals surface area contributed by atoms with E-state index in [1.54, 1.807) is 18.2 Å². The fourth-order valence-corrected chi connectivity index (χ4v) is 3.05. The molecule has 1 aliphatic heterocycles. The van der Waals surface area contributed by atoms with Crippen LogP contribution in [0, 0.1) is 0 Å². The van der Waals surface area contributed by atoms with Crippen LogP contribution in [0.2, 0.25) is 0 Å². The van der Waals surface area contributed by atoms with Crippen molar-refractivity contribution in [3.63, 3.8) is 0 Å². The molecule has 0 fully saturated rings. The SMILES string of the molecule is CCCCN1CCn2nc(CNC(=O)N(C)Cc3ccco3)cc2C1. The fraction of sp³-hybridized carbons (Fsp3) is 0.556. The molecule has 7 heteroatoms. The second-order valence-electron chi connectivity index (χ2n) is 6.57. The molecule has 0 radical (unpaired) electrons. The van der Waals surface area contributed by atoms with Crippen LogP contribution < -0.4 is 5.32 Å². The third-order valence-electron chi connectivity index (χ3n) is 4.50. The molecule has 136 valence electrons. The molecule has 0 atom stereocenters. The number of aromatic nitrogens is 2. The molecule has 25 heavy (non-hydrogen) atoms. The Morgan fingerprint density at radius 2 is 2.32 bits per heavy atom. The summed E-state index contributed by atoms with van der Waals surface area (Å²) < 4.78 is 7.33. The van der Waals surface area contributed by atoms with Crippen LogP contribution in [0.1, 0.15) is 36.9 Å². The zero-order valence-electron chi connectivity index (χ0n) is 15.1. The van der Waals surface area contributed by atoms with Crippen LogP contribution in [0.4, 0.5) is 4.79 Å². The van der Waals surface area contributed by atoms with Gasteiger partial charge in [-0.25, -0.2) is 4.79 Å². The monoisotopic (exact) mass is 345 g/mol. The van der Waals surface area contributed by atoms with Gasteiger partial charge in [-0.3, -0.25) is 9.58 Å². The third-order valence-corrected chi connectivity index (χ3v) is 4.50. The minimum Gasteiger partial charge on any atom is -0.467 e. The number of hydrogen-bond donors (Lipinski definition) is 1. The first-order valence-corrected chi connectivity index (χ1v) is 8.95. The Morgan fingerprint density at radius 3 is 3.08 bits per heavy atom. The number of fused-ring (bicyclic) bond motifs is 1. The van der Waals surface area contributed by atoms with E-state index in [1.165, 1.54) is 18.5 Å². The van der Waals surface area contributed by atoms with Crippen molar-refractivity contribution in [2.45, 2.75) is 45.9 Å². The Balaban J connectivity index is 1.49. The van der Waals surface area contributed by atoms with Gasteiger partial charge < -0.3 is 14.6 Å². The minimum absolute atomic E-state index is 0.132. The highest BCUT2D eigenvalue weighted by Gasteiger charge is 2.18. The molecule has 0 unspecified atom stereocenters. The molecule has 0 spiro atoms. The highest BCUT2D eigenvalue weighted by Crippen LogP contribution is 2.14. The highest BCUT2D eigenvalue weighted by molar-refractivity contribution is 5.73. The largest absolute Gasteiger partial charge is 0.467 e. The first-order valence-electron chi connectivity index (χ1n) is 8.95. The first kappa shape index (κ1) is 17.5. The molecule has 2 aromatic rings. The molecule has 0 bridgehead atoms. The second kappa shape index (κ2) is 8.20. The number of carbonyl (C=O) groups excluding carboxylic acids is 1. The average molecular weight is 345 g/mol. The summed E-state index contributed by atoms with van der Waals surface area (Å²) in [4.78, 5) is 16.3. The Morgan fingerprint density at radius 1 is 1.44 bits per heavy atom. The lowest BCUT2D eigenvalue weighted by atomic mass is 10.2. The van der Waals surface area contributed by atoms with Crippen LogP contribution in [0.15, 0.2) is 28.9 Å². The van der Waals surface area contributed by atoms with Gasteiger partial charge in [0.25, 0.3) is 0 Å². The van der Waals surface area contributed by atoms with E-state index >= 15 is 0 Å². The number of nitrogens with zero attached hydrogens (tertiary/aromatic N) is 4. The van der Waals surface area contributed by atoms with Crippen molar-refractivity contribution in [1.29, 1.82) is 0 Å². The summed E-state index contributed by atoms with van der Waals surface area (Å²) in [5.41, 5.74) is 2.14. The molecule has 0 aliphatic carbocycles. The van der Waals surface area contributed by atoms with Crippen molar-refractivity contribution in [3.05, 3.63) is 41.6 Å². The zero-order chi connectivity index (χ0) is 17.6. The van der Waals surface area contributed by atoms with Crippen molar-refractivity contribution in [2.75, 3.05) is 20.1 Å². The van der Waals surface area contributed by atoms with Crippen molar-refractivity contribution in [1.82, 2.24) is 24.9 Å². The summed E-state index contributed by atoms with van der Waals surface area (Å²) in [7, 11) is 1.75. The van der Waals surface area contributed by atoms with Crippen LogP contribution in [-0.2, 0) is 26.2 Å². The third kappa shape index (κ3) is 4.63. The first-order chi connectivity index (χ1) is 12.2. The van der Waals surface area contributed by atoms with E-state index in [2.05, 4.69) is 33.0 Å². The fourth-order valence-electron chi connectivity index (χ4n) is 3.05. The lowest BCUT2D eigenvalue weighted by Gasteiger charge is -2.27. The van der Waals surface area contributed by atoms with Gasteiger partial charge in [0.1, 0.15) is 5.76 Å². The van der Waals surface area contributed by atoms with Crippen molar-refractivity contribution in [2.24, 2.45) is 0 Å². The zero-order valence-corrected chi connectivity index (χ0v) is 15.1. The van der Waals surface area contributed by atoms with Gasteiger partial charge >= 0.3 is 6.03 Å². The Labute approximate surface area is 148 Å². The predicted octanol–water partition coefficient (Wildman–Crippen LogP) is 2.43. The topological polar surface area (TPSA) is 66.5 Å². The molecule has 0 saturated carbocycles. The van der Waals surface area contributed by atoms with Crippen LogP contribution >= 0.6 is 0 Å². The normalized spacial score (nSPS) is 14.3. The van der Waals surface area contributed by atoms with Gasteiger partial charge in [0.05, 0.1) is 37.3 Å². The molecule has 7 nitrogen and oxygen atoms in total. The van der Waals surface area contributed by atoms with Crippen molar-refractivity contribution in [3.8, 4) is 0 Å². The number of amides is 2. The van der Waals surface area contributed by atoms with E-state index in [4.69, 9.17) is 4.42 Å². The summed E-state index contributed by atoms with van der Waals surface area (Å²) in [6.07, 6.45) is 4.07. The van der Waals surface area contributed by atoms with Gasteiger partial charge in [-0.1, -0.05) is 13.3 Å². The van der Waals surface area contributed by atoms with Crippen molar-refractivity contribution >= 4 is 6.03 Å². The number of rotatable bonds is 7. The summed E-state index contributed by atoms with van der Waals surface area (Å²) in [5, 5.41) is 7.53. The van der Waals surface area contributed by atoms with E-state index in [-0.39, 0.29) is 6.03 Å². The highest BCUT2D eigenvalue weighted by atomic mass is 16.3. The number of unbranched alkanes of at least 4 members (excludes halogenated alkanes) is 1. The standard InChI is InChI=1S/C18H27N5O2/c1-3-4-7-22-8-9-23-16(13-22)11-15(20-23)12-19-18(24)21(2)14-17-6-5-10-25-17/h5-6,10-11H,3-4,7-9,12-14H2,1-2H3,(H,19,24). The number of nitrogens with one attached hydrogen (secondary N) is 1. The Bertz CT molecular complexity index is 680. The van der Waals surface area contributed by atoms with Crippen molar-refractivity contribution < 1.29 is 9.21 Å². The minimum atomic E-state index is -0.132. The van der Waals surface area contributed by atoms with Gasteiger partial charge in [0.2, 0.25) is 0 Å². The lowest BCUT2D eigenvalue weighted by Crippen LogP contribution is -2.36. The predicted molar refractivity (Wildman–Crippen MR) is 94.8 cm³/mol. The van der Waals surface area contributed by atoms with E-state index in [0.29, 0.717) is 13.1 Å². The van der Waals surface area contributed by atoms with E-state index in [9.17, 15) is 4.79 Å². The van der Waals surface area contributed by atoms with E-state index in [1.807, 2.05) is 12.1 Å². The molecular formula is C18H27N5O2. The van der Waals surface area contributed by atoms with Crippen LogP contribution in [0.5, 0.6) is 0 Å². The van der Waals surface area contributed by atoms with Gasteiger partial charge in [-0.2, -0.15) is 5.10 Å². The lowest BCUT2D eigenvalue weighted by molar-refractivity contribution is 0.202. The van der Waals surface area contributed by atoms with E-state index < -0.39 is 0 Å². The summed E-state index contributed by atoms with van der Waals surface area (Å²) in [5.74, 6) is 0.766. The second-order valence-corrected chi connectivity index (χ2v) is 6.57. The molecule has 1 aliphatic rings.